The van der Waals surface area contributed by atoms with Crippen molar-refractivity contribution in [2.75, 3.05) is 26.6 Å². The summed E-state index contributed by atoms with van der Waals surface area (Å²) in [7, 11) is 4.75. The van der Waals surface area contributed by atoms with Gasteiger partial charge in [0.1, 0.15) is 5.52 Å². The Hall–Kier alpha value is -3.55. The molecule has 2 aromatic carbocycles. The van der Waals surface area contributed by atoms with Crippen LogP contribution in [0.4, 0.5) is 11.4 Å². The highest BCUT2D eigenvalue weighted by molar-refractivity contribution is 6.00. The second-order valence-electron chi connectivity index (χ2n) is 5.60. The third-order valence-electron chi connectivity index (χ3n) is 4.13. The number of pyridine rings is 1. The van der Waals surface area contributed by atoms with Gasteiger partial charge in [0.05, 0.1) is 32.4 Å². The topological polar surface area (TPSA) is 94.2 Å². The number of methoxy groups -OCH3 is 3. The fourth-order valence-corrected chi connectivity index (χ4v) is 2.90. The van der Waals surface area contributed by atoms with Crippen LogP contribution < -0.4 is 19.5 Å². The molecule has 0 amide bonds. The largest absolute Gasteiger partial charge is 0.493 e. The zero-order valence-electron chi connectivity index (χ0n) is 14.5. The first-order chi connectivity index (χ1) is 12.7. The highest BCUT2D eigenvalue weighted by atomic mass is 16.5. The van der Waals surface area contributed by atoms with Crippen LogP contribution in [-0.4, -0.2) is 41.7 Å². The first-order valence-electron chi connectivity index (χ1n) is 7.90. The molecule has 2 aromatic heterocycles. The van der Waals surface area contributed by atoms with Gasteiger partial charge in [0, 0.05) is 35.1 Å². The Morgan fingerprint density at radius 2 is 1.69 bits per heavy atom. The van der Waals surface area contributed by atoms with Crippen LogP contribution in [0.2, 0.25) is 0 Å². The number of hydrogen-bond acceptors (Lipinski definition) is 7. The number of H-pyrrole nitrogens is 1. The standard InChI is InChI=1S/C18H17N5O3/c1-24-16-6-10(7-17(25-2)18(16)26-3)20-12-4-5-19-13-9-15-14(8-11(12)13)21-23-22-15/h4-9H,1-3H3,(H,19,20)(H,21,22,23). The van der Waals surface area contributed by atoms with Crippen LogP contribution in [0, 0.1) is 0 Å². The van der Waals surface area contributed by atoms with Gasteiger partial charge in [-0.15, -0.1) is 5.10 Å². The van der Waals surface area contributed by atoms with Gasteiger partial charge in [-0.25, -0.2) is 0 Å². The predicted molar refractivity (Wildman–Crippen MR) is 98.6 cm³/mol. The van der Waals surface area contributed by atoms with E-state index in [9.17, 15) is 0 Å². The van der Waals surface area contributed by atoms with Crippen molar-refractivity contribution in [3.05, 3.63) is 36.5 Å². The van der Waals surface area contributed by atoms with Gasteiger partial charge in [-0.2, -0.15) is 0 Å². The Morgan fingerprint density at radius 1 is 0.923 bits per heavy atom. The number of ether oxygens (including phenoxy) is 3. The fraction of sp³-hybridized carbons (Fsp3) is 0.167. The molecule has 8 heteroatoms. The molecule has 0 atom stereocenters. The van der Waals surface area contributed by atoms with E-state index in [2.05, 4.69) is 25.7 Å². The number of rotatable bonds is 5. The first kappa shape index (κ1) is 15.9. The van der Waals surface area contributed by atoms with Crippen LogP contribution in [0.25, 0.3) is 21.9 Å². The van der Waals surface area contributed by atoms with Crippen LogP contribution >= 0.6 is 0 Å². The quantitative estimate of drug-likeness (QED) is 0.570. The monoisotopic (exact) mass is 351 g/mol. The molecule has 0 aliphatic rings. The molecular weight excluding hydrogens is 334 g/mol. The molecule has 2 N–H and O–H groups in total. The Balaban J connectivity index is 1.82. The van der Waals surface area contributed by atoms with E-state index in [1.807, 2.05) is 30.3 Å². The summed E-state index contributed by atoms with van der Waals surface area (Å²) < 4.78 is 16.2. The minimum absolute atomic E-state index is 0.546. The van der Waals surface area contributed by atoms with Gasteiger partial charge in [0.25, 0.3) is 0 Å². The number of benzene rings is 2. The lowest BCUT2D eigenvalue weighted by Gasteiger charge is -2.15. The van der Waals surface area contributed by atoms with E-state index in [1.165, 1.54) is 0 Å². The van der Waals surface area contributed by atoms with Crippen LogP contribution in [0.3, 0.4) is 0 Å². The van der Waals surface area contributed by atoms with E-state index < -0.39 is 0 Å². The Kier molecular flexibility index (Phi) is 3.92. The molecule has 4 aromatic rings. The summed E-state index contributed by atoms with van der Waals surface area (Å²) in [6.45, 7) is 0. The fourth-order valence-electron chi connectivity index (χ4n) is 2.90. The maximum Gasteiger partial charge on any atom is 0.203 e. The van der Waals surface area contributed by atoms with E-state index in [1.54, 1.807) is 27.5 Å². The summed E-state index contributed by atoms with van der Waals surface area (Å²) in [5, 5.41) is 15.1. The van der Waals surface area contributed by atoms with E-state index in [0.29, 0.717) is 17.2 Å². The molecule has 4 rings (SSSR count). The highest BCUT2D eigenvalue weighted by Crippen LogP contribution is 2.41. The molecule has 132 valence electrons. The summed E-state index contributed by atoms with van der Waals surface area (Å²) in [5.74, 6) is 1.70. The lowest BCUT2D eigenvalue weighted by molar-refractivity contribution is 0.324. The summed E-state index contributed by atoms with van der Waals surface area (Å²) >= 11 is 0. The van der Waals surface area contributed by atoms with Crippen molar-refractivity contribution in [3.63, 3.8) is 0 Å². The number of nitrogens with one attached hydrogen (secondary N) is 2. The Labute approximate surface area is 149 Å². The van der Waals surface area contributed by atoms with E-state index in [0.717, 1.165) is 33.3 Å². The number of fused-ring (bicyclic) bond motifs is 2. The second kappa shape index (κ2) is 6.40. The van der Waals surface area contributed by atoms with Gasteiger partial charge in [-0.1, -0.05) is 5.21 Å². The van der Waals surface area contributed by atoms with Gasteiger partial charge in [0.15, 0.2) is 11.5 Å². The molecule has 0 bridgehead atoms. The van der Waals surface area contributed by atoms with Crippen molar-refractivity contribution in [3.8, 4) is 17.2 Å². The van der Waals surface area contributed by atoms with Gasteiger partial charge in [-0.3, -0.25) is 10.1 Å². The third kappa shape index (κ3) is 2.61. The van der Waals surface area contributed by atoms with Crippen molar-refractivity contribution < 1.29 is 14.2 Å². The number of anilines is 2. The summed E-state index contributed by atoms with van der Waals surface area (Å²) in [6, 6.07) is 9.47. The Bertz CT molecular complexity index is 1070. The minimum atomic E-state index is 0.546. The highest BCUT2D eigenvalue weighted by Gasteiger charge is 2.14. The van der Waals surface area contributed by atoms with Gasteiger partial charge < -0.3 is 19.5 Å². The molecular formula is C18H17N5O3. The van der Waals surface area contributed by atoms with Crippen molar-refractivity contribution >= 4 is 33.3 Å². The van der Waals surface area contributed by atoms with E-state index in [-0.39, 0.29) is 0 Å². The predicted octanol–water partition coefficient (Wildman–Crippen LogP) is 3.28. The zero-order valence-corrected chi connectivity index (χ0v) is 14.5. The van der Waals surface area contributed by atoms with Crippen LogP contribution in [0.5, 0.6) is 17.2 Å². The molecule has 0 unspecified atom stereocenters. The summed E-state index contributed by atoms with van der Waals surface area (Å²) in [6.07, 6.45) is 1.75. The van der Waals surface area contributed by atoms with E-state index >= 15 is 0 Å². The number of aromatic nitrogens is 4. The first-order valence-corrected chi connectivity index (χ1v) is 7.90. The molecule has 8 nitrogen and oxygen atoms in total. The maximum atomic E-state index is 5.41. The average molecular weight is 351 g/mol. The molecule has 2 heterocycles. The summed E-state index contributed by atoms with van der Waals surface area (Å²) in [4.78, 5) is 4.42. The number of hydrogen-bond donors (Lipinski definition) is 2. The van der Waals surface area contributed by atoms with Crippen molar-refractivity contribution in [1.29, 1.82) is 0 Å². The van der Waals surface area contributed by atoms with Crippen LogP contribution in [0.1, 0.15) is 0 Å². The van der Waals surface area contributed by atoms with Crippen LogP contribution in [-0.2, 0) is 0 Å². The molecule has 0 aliphatic carbocycles. The normalized spacial score (nSPS) is 10.9. The molecule has 0 aliphatic heterocycles. The molecule has 0 fully saturated rings. The molecule has 0 saturated heterocycles. The summed E-state index contributed by atoms with van der Waals surface area (Å²) in [5.41, 5.74) is 4.13. The minimum Gasteiger partial charge on any atom is -0.493 e. The molecule has 0 saturated carbocycles. The number of nitrogens with zero attached hydrogens (tertiary/aromatic N) is 3. The SMILES string of the molecule is COc1cc(Nc2ccnc3cc4[nH]nnc4cc23)cc(OC)c1OC. The van der Waals surface area contributed by atoms with Gasteiger partial charge in [0.2, 0.25) is 5.75 Å². The molecule has 26 heavy (non-hydrogen) atoms. The number of aromatic amines is 1. The van der Waals surface area contributed by atoms with Crippen molar-refractivity contribution in [1.82, 2.24) is 20.4 Å². The second-order valence-corrected chi connectivity index (χ2v) is 5.60. The smallest absolute Gasteiger partial charge is 0.203 e. The lowest BCUT2D eigenvalue weighted by atomic mass is 10.1. The van der Waals surface area contributed by atoms with Crippen molar-refractivity contribution in [2.24, 2.45) is 0 Å². The molecule has 0 spiro atoms. The molecule has 0 radical (unpaired) electrons. The van der Waals surface area contributed by atoms with E-state index in [4.69, 9.17) is 14.2 Å². The average Bonchev–Trinajstić information content (AvgIpc) is 3.13. The van der Waals surface area contributed by atoms with Crippen LogP contribution in [0.15, 0.2) is 36.5 Å². The maximum absolute atomic E-state index is 5.41. The lowest BCUT2D eigenvalue weighted by Crippen LogP contribution is -1.98. The Morgan fingerprint density at radius 3 is 2.38 bits per heavy atom. The van der Waals surface area contributed by atoms with Crippen molar-refractivity contribution in [2.45, 2.75) is 0 Å². The van der Waals surface area contributed by atoms with Gasteiger partial charge in [-0.05, 0) is 18.2 Å². The third-order valence-corrected chi connectivity index (χ3v) is 4.13. The van der Waals surface area contributed by atoms with Gasteiger partial charge >= 0.3 is 0 Å². The zero-order chi connectivity index (χ0) is 18.1.